The summed E-state index contributed by atoms with van der Waals surface area (Å²) in [7, 11) is 3.32. The predicted molar refractivity (Wildman–Crippen MR) is 218 cm³/mol. The van der Waals surface area contributed by atoms with Crippen LogP contribution in [-0.4, -0.2) is 39.3 Å². The number of ether oxygens (including phenoxy) is 2. The molecule has 8 rings (SSSR count). The molecule has 0 spiro atoms. The van der Waals surface area contributed by atoms with Gasteiger partial charge in [0.25, 0.3) is 0 Å². The SMILES string of the molecule is CCCCCCc1c2nc(c(-c3ccccc3)c3ccc([nH]3)c(-c3cc(OC)cc(OC)c3)c3nc(c(-c4ccc(O)cc4)c4ccc1[nH]4)C=C3)C=C2. The molecule has 0 amide bonds. The summed E-state index contributed by atoms with van der Waals surface area (Å²) >= 11 is 0. The second kappa shape index (κ2) is 14.7. The lowest BCUT2D eigenvalue weighted by atomic mass is 10.0. The van der Waals surface area contributed by atoms with E-state index in [0.717, 1.165) is 97.5 Å². The Balaban J connectivity index is 1.52. The Labute approximate surface area is 309 Å². The molecule has 0 radical (unpaired) electrons. The summed E-state index contributed by atoms with van der Waals surface area (Å²) in [6, 6.07) is 32.2. The van der Waals surface area contributed by atoms with Crippen LogP contribution in [0.2, 0.25) is 0 Å². The molecule has 5 heterocycles. The molecule has 6 aromatic rings. The van der Waals surface area contributed by atoms with E-state index in [4.69, 9.17) is 19.4 Å². The predicted octanol–water partition coefficient (Wildman–Crippen LogP) is 11.5. The van der Waals surface area contributed by atoms with E-state index in [9.17, 15) is 5.11 Å². The molecule has 264 valence electrons. The number of fused-ring (bicyclic) bond motifs is 8. The van der Waals surface area contributed by atoms with Crippen LogP contribution in [0.25, 0.3) is 79.8 Å². The third-order valence-corrected chi connectivity index (χ3v) is 10.0. The fourth-order valence-corrected chi connectivity index (χ4v) is 7.35. The molecule has 0 unspecified atom stereocenters. The molecule has 0 saturated heterocycles. The standard InChI is InChI=1S/C46H42N4O3/c1-4-5-6-10-13-35-36-18-20-38(47-36)44(29-11-8-7-9-12-29)40-22-24-42(49-40)46(31-26-33(52-2)28-34(27-31)53-3)43-25-23-41(50-43)45(39-21-19-37(35)48-39)30-14-16-32(51)17-15-30/h7-9,11-12,14-28,48-49,51H,4-6,10,13H2,1-3H3. The summed E-state index contributed by atoms with van der Waals surface area (Å²) in [6.45, 7) is 2.24. The Morgan fingerprint density at radius 1 is 0.528 bits per heavy atom. The van der Waals surface area contributed by atoms with Gasteiger partial charge in [-0.25, -0.2) is 9.97 Å². The molecule has 3 N–H and O–H groups in total. The first-order valence-electron chi connectivity index (χ1n) is 18.3. The van der Waals surface area contributed by atoms with Gasteiger partial charge in [0.1, 0.15) is 17.2 Å². The number of phenols is 1. The number of H-pyrrole nitrogens is 2. The molecular weight excluding hydrogens is 657 g/mol. The molecule has 2 aliphatic rings. The molecule has 3 aromatic heterocycles. The molecule has 7 nitrogen and oxygen atoms in total. The number of nitrogens with one attached hydrogen (secondary N) is 2. The second-order valence-corrected chi connectivity index (χ2v) is 13.4. The van der Waals surface area contributed by atoms with Crippen molar-refractivity contribution in [1.29, 1.82) is 0 Å². The number of aryl methyl sites for hydroxylation is 1. The second-order valence-electron chi connectivity index (χ2n) is 13.4. The highest BCUT2D eigenvalue weighted by Crippen LogP contribution is 2.39. The maximum Gasteiger partial charge on any atom is 0.123 e. The molecule has 2 aliphatic heterocycles. The summed E-state index contributed by atoms with van der Waals surface area (Å²) in [5, 5.41) is 10.2. The van der Waals surface area contributed by atoms with Crippen LogP contribution in [0.1, 0.15) is 60.9 Å². The number of aromatic hydroxyl groups is 1. The Hall–Kier alpha value is -6.34. The van der Waals surface area contributed by atoms with Gasteiger partial charge in [0.15, 0.2) is 0 Å². The van der Waals surface area contributed by atoms with E-state index in [-0.39, 0.29) is 5.75 Å². The Bertz CT molecular complexity index is 2500. The third kappa shape index (κ3) is 6.74. The zero-order valence-electron chi connectivity index (χ0n) is 30.2. The number of aromatic nitrogens is 4. The van der Waals surface area contributed by atoms with Crippen LogP contribution >= 0.6 is 0 Å². The van der Waals surface area contributed by atoms with E-state index in [2.05, 4.69) is 89.7 Å². The van der Waals surface area contributed by atoms with Crippen molar-refractivity contribution in [2.75, 3.05) is 14.2 Å². The number of hydrogen-bond donors (Lipinski definition) is 3. The third-order valence-electron chi connectivity index (χ3n) is 10.0. The topological polar surface area (TPSA) is 96.1 Å². The van der Waals surface area contributed by atoms with Crippen LogP contribution in [0.5, 0.6) is 17.2 Å². The number of phenolic OH excluding ortho intramolecular Hbond substituents is 1. The van der Waals surface area contributed by atoms with E-state index in [0.29, 0.717) is 11.5 Å². The van der Waals surface area contributed by atoms with E-state index < -0.39 is 0 Å². The van der Waals surface area contributed by atoms with Crippen molar-refractivity contribution in [1.82, 2.24) is 19.9 Å². The van der Waals surface area contributed by atoms with Crippen LogP contribution in [0.3, 0.4) is 0 Å². The maximum atomic E-state index is 10.2. The van der Waals surface area contributed by atoms with Crippen molar-refractivity contribution >= 4 is 46.4 Å². The summed E-state index contributed by atoms with van der Waals surface area (Å²) in [5.74, 6) is 1.57. The molecular formula is C46H42N4O3. The summed E-state index contributed by atoms with van der Waals surface area (Å²) in [5.41, 5.74) is 14.2. The summed E-state index contributed by atoms with van der Waals surface area (Å²) in [4.78, 5) is 18.3. The van der Waals surface area contributed by atoms with Gasteiger partial charge in [0.2, 0.25) is 0 Å². The number of methoxy groups -OCH3 is 2. The highest BCUT2D eigenvalue weighted by Gasteiger charge is 2.19. The average molecular weight is 699 g/mol. The van der Waals surface area contributed by atoms with Crippen LogP contribution < -0.4 is 9.47 Å². The van der Waals surface area contributed by atoms with Gasteiger partial charge in [-0.2, -0.15) is 0 Å². The lowest BCUT2D eigenvalue weighted by molar-refractivity contribution is 0.394. The smallest absolute Gasteiger partial charge is 0.123 e. The molecule has 0 fully saturated rings. The Kier molecular flexibility index (Phi) is 9.38. The highest BCUT2D eigenvalue weighted by molar-refractivity contribution is 5.98. The lowest BCUT2D eigenvalue weighted by Crippen LogP contribution is -1.93. The summed E-state index contributed by atoms with van der Waals surface area (Å²) in [6.07, 6.45) is 14.0. The lowest BCUT2D eigenvalue weighted by Gasteiger charge is -2.10. The van der Waals surface area contributed by atoms with Gasteiger partial charge >= 0.3 is 0 Å². The number of unbranched alkanes of at least 4 members (excludes halogenated alkanes) is 3. The molecule has 0 atom stereocenters. The van der Waals surface area contributed by atoms with Crippen LogP contribution in [0.15, 0.2) is 97.1 Å². The average Bonchev–Trinajstić information content (AvgIpc) is 4.03. The van der Waals surface area contributed by atoms with E-state index in [1.807, 2.05) is 36.4 Å². The van der Waals surface area contributed by atoms with E-state index in [1.165, 1.54) is 18.4 Å². The fraction of sp³-hybridized carbons (Fsp3) is 0.174. The van der Waals surface area contributed by atoms with E-state index in [1.54, 1.807) is 26.4 Å². The number of hydrogen-bond acceptors (Lipinski definition) is 5. The highest BCUT2D eigenvalue weighted by atomic mass is 16.5. The fourth-order valence-electron chi connectivity index (χ4n) is 7.35. The Morgan fingerprint density at radius 2 is 1.04 bits per heavy atom. The minimum Gasteiger partial charge on any atom is -0.508 e. The van der Waals surface area contributed by atoms with Crippen LogP contribution in [0, 0.1) is 0 Å². The molecule has 3 aromatic carbocycles. The van der Waals surface area contributed by atoms with Crippen molar-refractivity contribution in [2.24, 2.45) is 0 Å². The normalized spacial score (nSPS) is 12.0. The Morgan fingerprint density at radius 3 is 1.62 bits per heavy atom. The van der Waals surface area contributed by atoms with Gasteiger partial charge in [-0.05, 0) is 102 Å². The largest absolute Gasteiger partial charge is 0.508 e. The van der Waals surface area contributed by atoms with Gasteiger partial charge in [0, 0.05) is 50.4 Å². The first-order chi connectivity index (χ1) is 26.0. The van der Waals surface area contributed by atoms with Crippen LogP contribution in [0.4, 0.5) is 0 Å². The minimum atomic E-state index is 0.212. The van der Waals surface area contributed by atoms with Crippen molar-refractivity contribution in [3.63, 3.8) is 0 Å². The summed E-state index contributed by atoms with van der Waals surface area (Å²) < 4.78 is 11.4. The van der Waals surface area contributed by atoms with E-state index >= 15 is 0 Å². The van der Waals surface area contributed by atoms with Gasteiger partial charge < -0.3 is 24.5 Å². The molecule has 0 saturated carbocycles. The van der Waals surface area contributed by atoms with Crippen molar-refractivity contribution in [3.8, 4) is 50.6 Å². The minimum absolute atomic E-state index is 0.212. The zero-order chi connectivity index (χ0) is 36.3. The van der Waals surface area contributed by atoms with Crippen molar-refractivity contribution in [2.45, 2.75) is 39.0 Å². The number of aromatic amines is 2. The number of nitrogens with zero attached hydrogens (tertiary/aromatic N) is 2. The first-order valence-corrected chi connectivity index (χ1v) is 18.3. The van der Waals surface area contributed by atoms with Crippen molar-refractivity contribution in [3.05, 3.63) is 125 Å². The number of rotatable bonds is 10. The quantitative estimate of drug-likeness (QED) is 0.124. The maximum absolute atomic E-state index is 10.2. The van der Waals surface area contributed by atoms with Crippen LogP contribution in [-0.2, 0) is 6.42 Å². The molecule has 0 aliphatic carbocycles. The zero-order valence-corrected chi connectivity index (χ0v) is 30.2. The van der Waals surface area contributed by atoms with Gasteiger partial charge in [-0.1, -0.05) is 68.7 Å². The molecule has 7 heteroatoms. The molecule has 8 bridgehead atoms. The van der Waals surface area contributed by atoms with Gasteiger partial charge in [0.05, 0.1) is 37.0 Å². The number of benzene rings is 3. The molecule has 53 heavy (non-hydrogen) atoms. The van der Waals surface area contributed by atoms with Gasteiger partial charge in [-0.3, -0.25) is 0 Å². The van der Waals surface area contributed by atoms with Gasteiger partial charge in [-0.15, -0.1) is 0 Å². The first kappa shape index (κ1) is 33.8. The van der Waals surface area contributed by atoms with Crippen molar-refractivity contribution < 1.29 is 14.6 Å². The monoisotopic (exact) mass is 698 g/mol.